The van der Waals surface area contributed by atoms with Crippen LogP contribution in [0.3, 0.4) is 0 Å². The first-order valence-corrected chi connectivity index (χ1v) is 7.77. The Morgan fingerprint density at radius 3 is 2.48 bits per heavy atom. The van der Waals surface area contributed by atoms with E-state index in [1.54, 1.807) is 42.5 Å². The molecule has 2 aromatic carbocycles. The monoisotopic (exact) mass is 339 g/mol. The fraction of sp³-hybridized carbons (Fsp3) is 0.158. The van der Waals surface area contributed by atoms with Gasteiger partial charge in [-0.1, -0.05) is 0 Å². The van der Waals surface area contributed by atoms with Crippen LogP contribution in [-0.4, -0.2) is 19.6 Å². The third-order valence-corrected chi connectivity index (χ3v) is 3.58. The van der Waals surface area contributed by atoms with Gasteiger partial charge in [0.05, 0.1) is 19.1 Å². The lowest BCUT2D eigenvalue weighted by atomic mass is 10.2. The Morgan fingerprint density at radius 2 is 1.80 bits per heavy atom. The number of anilines is 1. The third-order valence-electron chi connectivity index (χ3n) is 3.58. The SMILES string of the molecule is CCOc1ccc(NC(=O)c2cc(=O)c3ccc(OC)cc3o2)cc1. The van der Waals surface area contributed by atoms with E-state index >= 15 is 0 Å². The molecule has 0 spiro atoms. The summed E-state index contributed by atoms with van der Waals surface area (Å²) in [5.74, 6) is 0.676. The van der Waals surface area contributed by atoms with Gasteiger partial charge in [0, 0.05) is 17.8 Å². The van der Waals surface area contributed by atoms with Gasteiger partial charge >= 0.3 is 0 Å². The second kappa shape index (κ2) is 7.09. The molecule has 25 heavy (non-hydrogen) atoms. The third kappa shape index (κ3) is 3.63. The normalized spacial score (nSPS) is 10.5. The zero-order chi connectivity index (χ0) is 17.8. The Hall–Kier alpha value is -3.28. The number of amides is 1. The summed E-state index contributed by atoms with van der Waals surface area (Å²) in [5.41, 5.74) is 0.575. The molecule has 3 rings (SSSR count). The molecule has 0 aliphatic heterocycles. The van der Waals surface area contributed by atoms with Gasteiger partial charge in [-0.05, 0) is 43.3 Å². The van der Waals surface area contributed by atoms with Gasteiger partial charge in [-0.15, -0.1) is 0 Å². The van der Waals surface area contributed by atoms with Gasteiger partial charge in [-0.25, -0.2) is 0 Å². The summed E-state index contributed by atoms with van der Waals surface area (Å²) in [6.07, 6.45) is 0. The highest BCUT2D eigenvalue weighted by atomic mass is 16.5. The smallest absolute Gasteiger partial charge is 0.291 e. The quantitative estimate of drug-likeness (QED) is 0.770. The van der Waals surface area contributed by atoms with Crippen molar-refractivity contribution in [1.29, 1.82) is 0 Å². The molecule has 0 atom stereocenters. The predicted molar refractivity (Wildman–Crippen MR) is 94.6 cm³/mol. The first kappa shape index (κ1) is 16.6. The summed E-state index contributed by atoms with van der Waals surface area (Å²) < 4.78 is 16.0. The number of nitrogens with one attached hydrogen (secondary N) is 1. The van der Waals surface area contributed by atoms with Crippen LogP contribution in [0.1, 0.15) is 17.5 Å². The van der Waals surface area contributed by atoms with E-state index < -0.39 is 5.91 Å². The minimum atomic E-state index is -0.508. The van der Waals surface area contributed by atoms with Crippen molar-refractivity contribution in [3.05, 3.63) is 64.5 Å². The molecule has 0 radical (unpaired) electrons. The number of benzene rings is 2. The summed E-state index contributed by atoms with van der Waals surface area (Å²) >= 11 is 0. The van der Waals surface area contributed by atoms with E-state index in [4.69, 9.17) is 13.9 Å². The molecule has 0 aliphatic rings. The summed E-state index contributed by atoms with van der Waals surface area (Å²) in [6, 6.07) is 13.0. The summed E-state index contributed by atoms with van der Waals surface area (Å²) in [6.45, 7) is 2.46. The first-order valence-electron chi connectivity index (χ1n) is 7.77. The van der Waals surface area contributed by atoms with Crippen molar-refractivity contribution in [2.45, 2.75) is 6.92 Å². The second-order valence-corrected chi connectivity index (χ2v) is 5.25. The van der Waals surface area contributed by atoms with Crippen LogP contribution in [0.15, 0.2) is 57.7 Å². The van der Waals surface area contributed by atoms with Crippen LogP contribution in [0.2, 0.25) is 0 Å². The molecule has 128 valence electrons. The van der Waals surface area contributed by atoms with E-state index in [9.17, 15) is 9.59 Å². The van der Waals surface area contributed by atoms with E-state index in [0.29, 0.717) is 34.8 Å². The summed E-state index contributed by atoms with van der Waals surface area (Å²) in [5, 5.41) is 3.08. The van der Waals surface area contributed by atoms with Crippen LogP contribution >= 0.6 is 0 Å². The molecule has 0 saturated heterocycles. The van der Waals surface area contributed by atoms with Crippen LogP contribution in [-0.2, 0) is 0 Å². The first-order chi connectivity index (χ1) is 12.1. The molecule has 1 amide bonds. The van der Waals surface area contributed by atoms with Crippen molar-refractivity contribution in [2.24, 2.45) is 0 Å². The molecule has 0 aliphatic carbocycles. The van der Waals surface area contributed by atoms with E-state index in [2.05, 4.69) is 5.32 Å². The predicted octanol–water partition coefficient (Wildman–Crippen LogP) is 3.45. The van der Waals surface area contributed by atoms with Crippen LogP contribution in [0.4, 0.5) is 5.69 Å². The molecule has 0 unspecified atom stereocenters. The fourth-order valence-corrected chi connectivity index (χ4v) is 2.37. The molecule has 1 aromatic heterocycles. The molecule has 1 heterocycles. The molecule has 0 saturated carbocycles. The number of hydrogen-bond donors (Lipinski definition) is 1. The Bertz CT molecular complexity index is 960. The van der Waals surface area contributed by atoms with Crippen LogP contribution in [0.5, 0.6) is 11.5 Å². The van der Waals surface area contributed by atoms with Crippen molar-refractivity contribution >= 4 is 22.6 Å². The van der Waals surface area contributed by atoms with Gasteiger partial charge in [-0.2, -0.15) is 0 Å². The van der Waals surface area contributed by atoms with Gasteiger partial charge in [0.15, 0.2) is 11.2 Å². The average molecular weight is 339 g/mol. The Labute approximate surface area is 144 Å². The number of ether oxygens (including phenoxy) is 2. The zero-order valence-corrected chi connectivity index (χ0v) is 13.9. The molecular formula is C19H17NO5. The molecule has 6 nitrogen and oxygen atoms in total. The molecule has 3 aromatic rings. The Kier molecular flexibility index (Phi) is 4.70. The number of rotatable bonds is 5. The topological polar surface area (TPSA) is 77.8 Å². The number of hydrogen-bond acceptors (Lipinski definition) is 5. The second-order valence-electron chi connectivity index (χ2n) is 5.25. The minimum absolute atomic E-state index is 0.0698. The molecule has 0 fully saturated rings. The van der Waals surface area contributed by atoms with Gasteiger partial charge < -0.3 is 19.2 Å². The van der Waals surface area contributed by atoms with Crippen molar-refractivity contribution in [1.82, 2.24) is 0 Å². The van der Waals surface area contributed by atoms with Crippen molar-refractivity contribution in [2.75, 3.05) is 19.0 Å². The maximum atomic E-state index is 12.4. The fourth-order valence-electron chi connectivity index (χ4n) is 2.37. The van der Waals surface area contributed by atoms with Crippen molar-refractivity contribution in [3.8, 4) is 11.5 Å². The van der Waals surface area contributed by atoms with Gasteiger partial charge in [-0.3, -0.25) is 9.59 Å². The highest BCUT2D eigenvalue weighted by Gasteiger charge is 2.13. The van der Waals surface area contributed by atoms with E-state index in [1.807, 2.05) is 6.92 Å². The van der Waals surface area contributed by atoms with Gasteiger partial charge in [0.2, 0.25) is 0 Å². The Morgan fingerprint density at radius 1 is 1.08 bits per heavy atom. The van der Waals surface area contributed by atoms with E-state index in [-0.39, 0.29) is 11.2 Å². The van der Waals surface area contributed by atoms with E-state index in [1.165, 1.54) is 13.2 Å². The van der Waals surface area contributed by atoms with Crippen LogP contribution in [0, 0.1) is 0 Å². The van der Waals surface area contributed by atoms with Crippen LogP contribution in [0.25, 0.3) is 11.0 Å². The van der Waals surface area contributed by atoms with Crippen LogP contribution < -0.4 is 20.2 Å². The molecule has 6 heteroatoms. The molecular weight excluding hydrogens is 322 g/mol. The lowest BCUT2D eigenvalue weighted by Crippen LogP contribution is -2.15. The van der Waals surface area contributed by atoms with Gasteiger partial charge in [0.1, 0.15) is 17.1 Å². The summed E-state index contributed by atoms with van der Waals surface area (Å²) in [7, 11) is 1.52. The van der Waals surface area contributed by atoms with Gasteiger partial charge in [0.25, 0.3) is 5.91 Å². The maximum Gasteiger partial charge on any atom is 0.291 e. The molecule has 0 bridgehead atoms. The Balaban J connectivity index is 1.87. The lowest BCUT2D eigenvalue weighted by Gasteiger charge is -2.07. The lowest BCUT2D eigenvalue weighted by molar-refractivity contribution is 0.0997. The molecule has 1 N–H and O–H groups in total. The maximum absolute atomic E-state index is 12.4. The van der Waals surface area contributed by atoms with Crippen molar-refractivity contribution in [3.63, 3.8) is 0 Å². The summed E-state index contributed by atoms with van der Waals surface area (Å²) in [4.78, 5) is 24.5. The number of carbonyl (C=O) groups is 1. The largest absolute Gasteiger partial charge is 0.497 e. The highest BCUT2D eigenvalue weighted by molar-refractivity contribution is 6.03. The van der Waals surface area contributed by atoms with E-state index in [0.717, 1.165) is 0 Å². The zero-order valence-electron chi connectivity index (χ0n) is 13.9. The highest BCUT2D eigenvalue weighted by Crippen LogP contribution is 2.20. The number of methoxy groups -OCH3 is 1. The van der Waals surface area contributed by atoms with Crippen molar-refractivity contribution < 1.29 is 18.7 Å². The minimum Gasteiger partial charge on any atom is -0.497 e. The average Bonchev–Trinajstić information content (AvgIpc) is 2.63. The number of carbonyl (C=O) groups excluding carboxylic acids is 1. The number of fused-ring (bicyclic) bond motifs is 1. The standard InChI is InChI=1S/C19H17NO5/c1-3-24-13-6-4-12(5-7-13)20-19(22)18-11-16(21)15-9-8-14(23-2)10-17(15)25-18/h4-11H,3H2,1-2H3,(H,20,22).